The van der Waals surface area contributed by atoms with Gasteiger partial charge in [0.05, 0.1) is 12.2 Å². The number of aromatic amines is 1. The first-order valence-electron chi connectivity index (χ1n) is 7.06. The van der Waals surface area contributed by atoms with Gasteiger partial charge in [-0.3, -0.25) is 14.6 Å². The molecule has 0 saturated heterocycles. The molecule has 5 N–H and O–H groups in total. The van der Waals surface area contributed by atoms with Crippen LogP contribution in [-0.2, 0) is 9.53 Å². The van der Waals surface area contributed by atoms with Gasteiger partial charge in [0.1, 0.15) is 11.8 Å². The lowest BCUT2D eigenvalue weighted by molar-refractivity contribution is -0.168. The van der Waals surface area contributed by atoms with Gasteiger partial charge in [0.2, 0.25) is 5.95 Å². The number of aromatic nitrogens is 2. The molecule has 0 bridgehead atoms. The Kier molecular flexibility index (Phi) is 3.24. The van der Waals surface area contributed by atoms with Gasteiger partial charge in [0.15, 0.2) is 5.82 Å². The highest BCUT2D eigenvalue weighted by Crippen LogP contribution is 2.48. The van der Waals surface area contributed by atoms with Crippen LogP contribution in [0.5, 0.6) is 0 Å². The summed E-state index contributed by atoms with van der Waals surface area (Å²) in [6, 6.07) is 0. The molecule has 1 aliphatic carbocycles. The number of nitrogens with one attached hydrogen (secondary N) is 2. The number of rotatable bonds is 3. The number of ether oxygens (including phenoxy) is 1. The van der Waals surface area contributed by atoms with Crippen molar-refractivity contribution in [2.24, 2.45) is 5.92 Å². The van der Waals surface area contributed by atoms with Crippen LogP contribution in [0, 0.1) is 5.92 Å². The van der Waals surface area contributed by atoms with Crippen molar-refractivity contribution in [2.45, 2.75) is 31.9 Å². The minimum atomic E-state index is -0.551. The Bertz CT molecular complexity index is 675. The molecule has 3 rings (SSSR count). The zero-order chi connectivity index (χ0) is 16.1. The Morgan fingerprint density at radius 1 is 1.64 bits per heavy atom. The van der Waals surface area contributed by atoms with Gasteiger partial charge >= 0.3 is 5.97 Å². The van der Waals surface area contributed by atoms with E-state index in [4.69, 9.17) is 10.5 Å². The standard InChI is InChI=1S/C13H19N5O4/c1-6(20)22-9-7(4-19)3-13(9,2)18-5-15-8-10(18)16-12(14)17-11(8)21/h7,9,15,19H,3-5H2,1-2H3,(H3,14,16,17,21)/t7-,9+,13+/m0/s1. The zero-order valence-electron chi connectivity index (χ0n) is 12.4. The lowest BCUT2D eigenvalue weighted by Crippen LogP contribution is -2.68. The van der Waals surface area contributed by atoms with Crippen molar-refractivity contribution in [1.29, 1.82) is 0 Å². The minimum absolute atomic E-state index is 0.0307. The third-order valence-electron chi connectivity index (χ3n) is 4.45. The van der Waals surface area contributed by atoms with E-state index in [2.05, 4.69) is 15.3 Å². The number of hydrogen-bond acceptors (Lipinski definition) is 8. The summed E-state index contributed by atoms with van der Waals surface area (Å²) < 4.78 is 5.38. The Morgan fingerprint density at radius 2 is 2.36 bits per heavy atom. The zero-order valence-corrected chi connectivity index (χ0v) is 12.4. The highest BCUT2D eigenvalue weighted by molar-refractivity contribution is 5.73. The smallest absolute Gasteiger partial charge is 0.302 e. The first-order chi connectivity index (χ1) is 10.4. The van der Waals surface area contributed by atoms with Crippen LogP contribution in [0.25, 0.3) is 0 Å². The molecule has 2 aliphatic rings. The molecule has 1 saturated carbocycles. The van der Waals surface area contributed by atoms with Crippen LogP contribution >= 0.6 is 0 Å². The third-order valence-corrected chi connectivity index (χ3v) is 4.45. The molecule has 3 atom stereocenters. The van der Waals surface area contributed by atoms with Gasteiger partial charge in [-0.25, -0.2) is 0 Å². The van der Waals surface area contributed by atoms with Crippen molar-refractivity contribution in [1.82, 2.24) is 9.97 Å². The average molecular weight is 309 g/mol. The first-order valence-corrected chi connectivity index (χ1v) is 7.06. The van der Waals surface area contributed by atoms with Crippen molar-refractivity contribution in [2.75, 3.05) is 29.2 Å². The fraction of sp³-hybridized carbons (Fsp3) is 0.615. The molecule has 0 unspecified atom stereocenters. The molecule has 2 heterocycles. The SMILES string of the molecule is CC(=O)O[C@@H]1[C@H](CO)C[C@@]1(C)N1CNc2c1nc(N)[nH]c2=O. The number of carbonyl (C=O) groups is 1. The second-order valence-corrected chi connectivity index (χ2v) is 5.95. The fourth-order valence-corrected chi connectivity index (χ4v) is 3.42. The summed E-state index contributed by atoms with van der Waals surface area (Å²) in [5.74, 6) is -0.0576. The fourth-order valence-electron chi connectivity index (χ4n) is 3.42. The summed E-state index contributed by atoms with van der Waals surface area (Å²) in [5, 5.41) is 12.4. The number of nitrogen functional groups attached to an aromatic ring is 1. The molecule has 9 heteroatoms. The molecule has 1 aliphatic heterocycles. The second kappa shape index (κ2) is 4.87. The summed E-state index contributed by atoms with van der Waals surface area (Å²) in [5.41, 5.74) is 5.08. The molecule has 22 heavy (non-hydrogen) atoms. The van der Waals surface area contributed by atoms with E-state index in [1.807, 2.05) is 11.8 Å². The number of anilines is 3. The van der Waals surface area contributed by atoms with E-state index in [0.29, 0.717) is 24.6 Å². The van der Waals surface area contributed by atoms with Gasteiger partial charge in [-0.05, 0) is 13.3 Å². The van der Waals surface area contributed by atoms with E-state index < -0.39 is 17.6 Å². The van der Waals surface area contributed by atoms with Gasteiger partial charge in [-0.2, -0.15) is 4.98 Å². The Labute approximate surface area is 126 Å². The van der Waals surface area contributed by atoms with Crippen LogP contribution in [0.4, 0.5) is 17.5 Å². The molecule has 9 nitrogen and oxygen atoms in total. The van der Waals surface area contributed by atoms with Crippen LogP contribution < -0.4 is 21.5 Å². The van der Waals surface area contributed by atoms with Gasteiger partial charge in [-0.15, -0.1) is 0 Å². The van der Waals surface area contributed by atoms with Gasteiger partial charge < -0.3 is 25.8 Å². The van der Waals surface area contributed by atoms with Crippen molar-refractivity contribution >= 4 is 23.4 Å². The van der Waals surface area contributed by atoms with Crippen LogP contribution in [0.3, 0.4) is 0 Å². The normalized spacial score (nSPS) is 29.5. The largest absolute Gasteiger partial charge is 0.460 e. The Hall–Kier alpha value is -2.29. The van der Waals surface area contributed by atoms with Crippen molar-refractivity contribution in [3.63, 3.8) is 0 Å². The predicted molar refractivity (Wildman–Crippen MR) is 79.4 cm³/mol. The number of esters is 1. The molecule has 1 fully saturated rings. The van der Waals surface area contributed by atoms with Gasteiger partial charge in [0, 0.05) is 19.4 Å². The summed E-state index contributed by atoms with van der Waals surface area (Å²) in [4.78, 5) is 31.7. The van der Waals surface area contributed by atoms with E-state index in [1.165, 1.54) is 6.92 Å². The first kappa shape index (κ1) is 14.6. The predicted octanol–water partition coefficient (Wildman–Crippen LogP) is -0.756. The maximum atomic E-state index is 11.9. The molecule has 0 amide bonds. The Balaban J connectivity index is 1.96. The minimum Gasteiger partial charge on any atom is -0.460 e. The number of fused-ring (bicyclic) bond motifs is 1. The lowest BCUT2D eigenvalue weighted by atomic mass is 9.65. The maximum absolute atomic E-state index is 11.9. The number of nitrogens with two attached hydrogens (primary N) is 1. The van der Waals surface area contributed by atoms with E-state index >= 15 is 0 Å². The van der Waals surface area contributed by atoms with E-state index in [9.17, 15) is 14.7 Å². The number of carbonyl (C=O) groups excluding carboxylic acids is 1. The van der Waals surface area contributed by atoms with Gasteiger partial charge in [-0.1, -0.05) is 0 Å². The molecule has 0 aromatic carbocycles. The summed E-state index contributed by atoms with van der Waals surface area (Å²) in [7, 11) is 0. The van der Waals surface area contributed by atoms with E-state index in [-0.39, 0.29) is 24.0 Å². The number of H-pyrrole nitrogens is 1. The van der Waals surface area contributed by atoms with Gasteiger partial charge in [0.25, 0.3) is 5.56 Å². The summed E-state index contributed by atoms with van der Waals surface area (Å²) >= 11 is 0. The van der Waals surface area contributed by atoms with Crippen molar-refractivity contribution in [3.8, 4) is 0 Å². The Morgan fingerprint density at radius 3 is 3.00 bits per heavy atom. The quantitative estimate of drug-likeness (QED) is 0.536. The third kappa shape index (κ3) is 2.00. The van der Waals surface area contributed by atoms with Crippen LogP contribution in [-0.4, -0.2) is 46.0 Å². The van der Waals surface area contributed by atoms with Crippen LogP contribution in [0.1, 0.15) is 20.3 Å². The monoisotopic (exact) mass is 309 g/mol. The molecule has 120 valence electrons. The second-order valence-electron chi connectivity index (χ2n) is 5.95. The van der Waals surface area contributed by atoms with Crippen LogP contribution in [0.15, 0.2) is 4.79 Å². The van der Waals surface area contributed by atoms with Crippen molar-refractivity contribution < 1.29 is 14.6 Å². The average Bonchev–Trinajstić information content (AvgIpc) is 2.86. The molecule has 0 radical (unpaired) electrons. The number of aliphatic hydroxyl groups is 1. The lowest BCUT2D eigenvalue weighted by Gasteiger charge is -2.55. The van der Waals surface area contributed by atoms with Crippen LogP contribution in [0.2, 0.25) is 0 Å². The topological polar surface area (TPSA) is 134 Å². The molecule has 1 aromatic heterocycles. The molecular formula is C13H19N5O4. The molecular weight excluding hydrogens is 290 g/mol. The van der Waals surface area contributed by atoms with E-state index in [0.717, 1.165) is 0 Å². The molecule has 0 spiro atoms. The number of nitrogens with zero attached hydrogens (tertiary/aromatic N) is 2. The summed E-state index contributed by atoms with van der Waals surface area (Å²) in [6.45, 7) is 3.56. The number of aliphatic hydroxyl groups excluding tert-OH is 1. The maximum Gasteiger partial charge on any atom is 0.302 e. The highest BCUT2D eigenvalue weighted by Gasteiger charge is 2.58. The molecule has 1 aromatic rings. The summed E-state index contributed by atoms with van der Waals surface area (Å²) in [6.07, 6.45) is 0.154. The van der Waals surface area contributed by atoms with Crippen molar-refractivity contribution in [3.05, 3.63) is 10.4 Å². The highest BCUT2D eigenvalue weighted by atomic mass is 16.5. The number of hydrogen-bond donors (Lipinski definition) is 4. The van der Waals surface area contributed by atoms with E-state index in [1.54, 1.807) is 0 Å².